The first kappa shape index (κ1) is 16.6. The zero-order chi connectivity index (χ0) is 17.8. The molecule has 126 valence electrons. The zero-order valence-corrected chi connectivity index (χ0v) is 13.7. The van der Waals surface area contributed by atoms with Crippen molar-refractivity contribution in [1.29, 1.82) is 0 Å². The number of ketones is 1. The Morgan fingerprint density at radius 2 is 1.68 bits per heavy atom. The maximum atomic E-state index is 13.0. The van der Waals surface area contributed by atoms with Gasteiger partial charge in [-0.05, 0) is 48.9 Å². The predicted molar refractivity (Wildman–Crippen MR) is 94.1 cm³/mol. The van der Waals surface area contributed by atoms with Gasteiger partial charge >= 0.3 is 0 Å². The van der Waals surface area contributed by atoms with Crippen LogP contribution in [-0.2, 0) is 11.3 Å². The van der Waals surface area contributed by atoms with E-state index in [-0.39, 0.29) is 11.5 Å². The number of rotatable bonds is 5. The van der Waals surface area contributed by atoms with Crippen molar-refractivity contribution in [3.63, 3.8) is 0 Å². The van der Waals surface area contributed by atoms with Crippen LogP contribution in [0.2, 0.25) is 0 Å². The molecule has 0 saturated heterocycles. The molecule has 0 spiro atoms. The number of hydrogen-bond donors (Lipinski definition) is 1. The number of amides is 1. The highest BCUT2D eigenvalue weighted by molar-refractivity contribution is 6.46. The molecule has 0 atom stereocenters. The van der Waals surface area contributed by atoms with Gasteiger partial charge in [0.2, 0.25) is 0 Å². The van der Waals surface area contributed by atoms with Crippen molar-refractivity contribution in [3.8, 4) is 0 Å². The lowest BCUT2D eigenvalue weighted by molar-refractivity contribution is -0.112. The third-order valence-electron chi connectivity index (χ3n) is 3.84. The Morgan fingerprint density at radius 1 is 1.00 bits per heavy atom. The average molecular weight is 336 g/mol. The number of carbonyl (C=O) groups is 2. The molecule has 25 heavy (non-hydrogen) atoms. The van der Waals surface area contributed by atoms with E-state index in [1.807, 2.05) is 19.1 Å². The van der Waals surface area contributed by atoms with Crippen LogP contribution in [0.3, 0.4) is 0 Å². The van der Waals surface area contributed by atoms with Crippen molar-refractivity contribution < 1.29 is 14.0 Å². The number of hydrogen-bond acceptors (Lipinski definition) is 2. The smallest absolute Gasteiger partial charge is 0.298 e. The fraction of sp³-hybridized carbons (Fsp3) is 0.100. The Bertz CT molecular complexity index is 896. The Morgan fingerprint density at radius 3 is 2.36 bits per heavy atom. The molecule has 3 rings (SSSR count). The number of nitrogens with zero attached hydrogens (tertiary/aromatic N) is 1. The fourth-order valence-electron chi connectivity index (χ4n) is 2.49. The molecular weight excluding hydrogens is 319 g/mol. The Balaban J connectivity index is 1.74. The summed E-state index contributed by atoms with van der Waals surface area (Å²) in [7, 11) is 0. The van der Waals surface area contributed by atoms with Crippen LogP contribution in [0, 0.1) is 12.7 Å². The molecule has 0 bridgehead atoms. The Hall–Kier alpha value is -3.21. The molecule has 5 heteroatoms. The molecule has 4 nitrogen and oxygen atoms in total. The molecule has 0 saturated carbocycles. The number of Topliss-reactive ketones (excluding diaryl/α,β-unsaturated/α-hetero) is 1. The highest BCUT2D eigenvalue weighted by Gasteiger charge is 2.19. The van der Waals surface area contributed by atoms with Crippen molar-refractivity contribution in [1.82, 2.24) is 4.57 Å². The maximum absolute atomic E-state index is 13.0. The van der Waals surface area contributed by atoms with Gasteiger partial charge in [-0.1, -0.05) is 29.8 Å². The van der Waals surface area contributed by atoms with Gasteiger partial charge in [-0.25, -0.2) is 4.39 Å². The van der Waals surface area contributed by atoms with E-state index < -0.39 is 11.7 Å². The van der Waals surface area contributed by atoms with Gasteiger partial charge in [0.15, 0.2) is 0 Å². The van der Waals surface area contributed by atoms with E-state index >= 15 is 0 Å². The average Bonchev–Trinajstić information content (AvgIpc) is 3.06. The summed E-state index contributed by atoms with van der Waals surface area (Å²) < 4.78 is 14.7. The van der Waals surface area contributed by atoms with Crippen LogP contribution in [0.4, 0.5) is 10.1 Å². The van der Waals surface area contributed by atoms with Gasteiger partial charge in [0, 0.05) is 18.4 Å². The van der Waals surface area contributed by atoms with E-state index in [1.54, 1.807) is 47.2 Å². The molecule has 0 aliphatic heterocycles. The van der Waals surface area contributed by atoms with Gasteiger partial charge in [-0.3, -0.25) is 9.59 Å². The number of anilines is 1. The van der Waals surface area contributed by atoms with Gasteiger partial charge in [0.05, 0.1) is 5.69 Å². The minimum Gasteiger partial charge on any atom is -0.340 e. The van der Waals surface area contributed by atoms with Gasteiger partial charge in [-0.15, -0.1) is 0 Å². The number of carbonyl (C=O) groups excluding carboxylic acids is 2. The number of nitrogens with one attached hydrogen (secondary N) is 1. The van der Waals surface area contributed by atoms with Crippen LogP contribution in [-0.4, -0.2) is 16.3 Å². The summed E-state index contributed by atoms with van der Waals surface area (Å²) in [6.45, 7) is 2.32. The lowest BCUT2D eigenvalue weighted by Gasteiger charge is -2.09. The van der Waals surface area contributed by atoms with Crippen molar-refractivity contribution in [2.24, 2.45) is 0 Å². The summed E-state index contributed by atoms with van der Waals surface area (Å²) in [6, 6.07) is 16.5. The second-order valence-electron chi connectivity index (χ2n) is 5.80. The van der Waals surface area contributed by atoms with Crippen molar-refractivity contribution >= 4 is 17.4 Å². The molecule has 0 aliphatic carbocycles. The standard InChI is InChI=1S/C20H17FN2O2/c1-14-4-10-17(11-5-14)22-20(25)19(24)18-3-2-12-23(18)13-15-6-8-16(21)9-7-15/h2-12H,13H2,1H3,(H,22,25). The molecule has 0 fully saturated rings. The molecule has 1 N–H and O–H groups in total. The van der Waals surface area contributed by atoms with Crippen LogP contribution in [0.5, 0.6) is 0 Å². The van der Waals surface area contributed by atoms with Gasteiger partial charge in [0.1, 0.15) is 5.82 Å². The molecule has 0 aliphatic rings. The minimum absolute atomic E-state index is 0.286. The summed E-state index contributed by atoms with van der Waals surface area (Å²) >= 11 is 0. The zero-order valence-electron chi connectivity index (χ0n) is 13.7. The van der Waals surface area contributed by atoms with E-state index in [1.165, 1.54) is 12.1 Å². The van der Waals surface area contributed by atoms with Gasteiger partial charge in [-0.2, -0.15) is 0 Å². The van der Waals surface area contributed by atoms with E-state index in [0.29, 0.717) is 12.2 Å². The van der Waals surface area contributed by atoms with Crippen LogP contribution < -0.4 is 5.32 Å². The summed E-state index contributed by atoms with van der Waals surface area (Å²) in [5, 5.41) is 2.60. The molecule has 2 aromatic carbocycles. The summed E-state index contributed by atoms with van der Waals surface area (Å²) in [4.78, 5) is 24.7. The van der Waals surface area contributed by atoms with Crippen molar-refractivity contribution in [3.05, 3.63) is 89.5 Å². The Labute approximate surface area is 144 Å². The first-order chi connectivity index (χ1) is 12.0. The second-order valence-corrected chi connectivity index (χ2v) is 5.80. The molecule has 0 unspecified atom stereocenters. The topological polar surface area (TPSA) is 51.1 Å². The van der Waals surface area contributed by atoms with Crippen LogP contribution in [0.25, 0.3) is 0 Å². The van der Waals surface area contributed by atoms with E-state index in [4.69, 9.17) is 0 Å². The quantitative estimate of drug-likeness (QED) is 0.569. The van der Waals surface area contributed by atoms with E-state index in [0.717, 1.165) is 11.1 Å². The third kappa shape index (κ3) is 4.01. The number of benzene rings is 2. The molecule has 3 aromatic rings. The van der Waals surface area contributed by atoms with Crippen molar-refractivity contribution in [2.75, 3.05) is 5.32 Å². The molecule has 0 radical (unpaired) electrons. The van der Waals surface area contributed by atoms with Crippen LogP contribution in [0.1, 0.15) is 21.6 Å². The SMILES string of the molecule is Cc1ccc(NC(=O)C(=O)c2cccn2Cc2ccc(F)cc2)cc1. The molecule has 1 amide bonds. The summed E-state index contributed by atoms with van der Waals surface area (Å²) in [5.74, 6) is -1.62. The largest absolute Gasteiger partial charge is 0.340 e. The van der Waals surface area contributed by atoms with Crippen LogP contribution in [0.15, 0.2) is 66.9 Å². The van der Waals surface area contributed by atoms with Crippen LogP contribution >= 0.6 is 0 Å². The number of aromatic nitrogens is 1. The maximum Gasteiger partial charge on any atom is 0.298 e. The molecule has 1 aromatic heterocycles. The van der Waals surface area contributed by atoms with Gasteiger partial charge in [0.25, 0.3) is 11.7 Å². The third-order valence-corrected chi connectivity index (χ3v) is 3.84. The highest BCUT2D eigenvalue weighted by atomic mass is 19.1. The lowest BCUT2D eigenvalue weighted by atomic mass is 10.2. The molecular formula is C20H17FN2O2. The lowest BCUT2D eigenvalue weighted by Crippen LogP contribution is -2.25. The summed E-state index contributed by atoms with van der Waals surface area (Å²) in [5.41, 5.74) is 2.76. The number of aryl methyl sites for hydroxylation is 1. The minimum atomic E-state index is -0.692. The first-order valence-electron chi connectivity index (χ1n) is 7.85. The first-order valence-corrected chi connectivity index (χ1v) is 7.85. The second kappa shape index (κ2) is 7.13. The van der Waals surface area contributed by atoms with Gasteiger partial charge < -0.3 is 9.88 Å². The van der Waals surface area contributed by atoms with E-state index in [9.17, 15) is 14.0 Å². The normalized spacial score (nSPS) is 10.5. The predicted octanol–water partition coefficient (Wildman–Crippen LogP) is 3.81. The van der Waals surface area contributed by atoms with E-state index in [2.05, 4.69) is 5.32 Å². The fourth-order valence-corrected chi connectivity index (χ4v) is 2.49. The Kier molecular flexibility index (Phi) is 4.75. The molecule has 1 heterocycles. The summed E-state index contributed by atoms with van der Waals surface area (Å²) in [6.07, 6.45) is 1.72. The monoisotopic (exact) mass is 336 g/mol. The highest BCUT2D eigenvalue weighted by Crippen LogP contribution is 2.12. The van der Waals surface area contributed by atoms with Crippen molar-refractivity contribution in [2.45, 2.75) is 13.5 Å². The number of halogens is 1.